The van der Waals surface area contributed by atoms with Crippen molar-refractivity contribution < 1.29 is 4.74 Å². The summed E-state index contributed by atoms with van der Waals surface area (Å²) >= 11 is 1.80. The van der Waals surface area contributed by atoms with E-state index in [9.17, 15) is 0 Å². The van der Waals surface area contributed by atoms with E-state index in [1.165, 1.54) is 16.0 Å². The number of ether oxygens (including phenoxy) is 1. The maximum atomic E-state index is 5.11. The molecule has 0 amide bonds. The first kappa shape index (κ1) is 15.2. The van der Waals surface area contributed by atoms with E-state index in [-0.39, 0.29) is 0 Å². The van der Waals surface area contributed by atoms with Gasteiger partial charge >= 0.3 is 0 Å². The van der Waals surface area contributed by atoms with Gasteiger partial charge in [0.2, 0.25) is 0 Å². The molecule has 3 nitrogen and oxygen atoms in total. The van der Waals surface area contributed by atoms with Gasteiger partial charge in [-0.25, -0.2) is 4.98 Å². The summed E-state index contributed by atoms with van der Waals surface area (Å²) in [4.78, 5) is 5.82. The molecule has 2 aromatic rings. The van der Waals surface area contributed by atoms with E-state index in [1.807, 2.05) is 6.20 Å². The fraction of sp³-hybridized carbons (Fsp3) is 0.438. The van der Waals surface area contributed by atoms with Gasteiger partial charge in [-0.1, -0.05) is 31.2 Å². The average molecular weight is 290 g/mol. The van der Waals surface area contributed by atoms with Crippen molar-refractivity contribution in [2.24, 2.45) is 0 Å². The third-order valence-corrected chi connectivity index (χ3v) is 4.56. The number of aryl methyl sites for hydroxylation is 1. The molecule has 0 saturated carbocycles. The summed E-state index contributed by atoms with van der Waals surface area (Å²) < 4.78 is 5.11. The van der Waals surface area contributed by atoms with Crippen LogP contribution in [-0.4, -0.2) is 12.1 Å². The van der Waals surface area contributed by atoms with Crippen molar-refractivity contribution >= 4 is 11.3 Å². The summed E-state index contributed by atoms with van der Waals surface area (Å²) in [5.74, 6) is 0. The quantitative estimate of drug-likeness (QED) is 0.844. The monoisotopic (exact) mass is 290 g/mol. The molecular formula is C16H22N2OS. The Labute approximate surface area is 125 Å². The molecule has 0 fully saturated rings. The number of methoxy groups -OCH3 is 1. The van der Waals surface area contributed by atoms with E-state index in [4.69, 9.17) is 4.74 Å². The standard InChI is InChI=1S/C16H22N2OS/c1-4-15-10-18-16(20-15)12(2)17-9-13-5-7-14(8-6-13)11-19-3/h5-8,10,12,17H,4,9,11H2,1-3H3. The number of benzene rings is 1. The largest absolute Gasteiger partial charge is 0.380 e. The van der Waals surface area contributed by atoms with Crippen LogP contribution in [0.4, 0.5) is 0 Å². The molecule has 108 valence electrons. The van der Waals surface area contributed by atoms with Gasteiger partial charge in [-0.05, 0) is 24.5 Å². The number of hydrogen-bond donors (Lipinski definition) is 1. The van der Waals surface area contributed by atoms with Gasteiger partial charge in [-0.15, -0.1) is 11.3 Å². The van der Waals surface area contributed by atoms with Crippen molar-refractivity contribution in [3.05, 3.63) is 51.5 Å². The average Bonchev–Trinajstić information content (AvgIpc) is 2.95. The Hall–Kier alpha value is -1.23. The van der Waals surface area contributed by atoms with Crippen LogP contribution in [0, 0.1) is 0 Å². The fourth-order valence-electron chi connectivity index (χ4n) is 1.96. The summed E-state index contributed by atoms with van der Waals surface area (Å²) in [5, 5.41) is 4.69. The van der Waals surface area contributed by atoms with Crippen LogP contribution in [0.3, 0.4) is 0 Å². The Morgan fingerprint density at radius 2 is 1.95 bits per heavy atom. The lowest BCUT2D eigenvalue weighted by molar-refractivity contribution is 0.185. The van der Waals surface area contributed by atoms with Crippen LogP contribution < -0.4 is 5.32 Å². The highest BCUT2D eigenvalue weighted by Crippen LogP contribution is 2.20. The Morgan fingerprint density at radius 3 is 2.55 bits per heavy atom. The third-order valence-electron chi connectivity index (χ3n) is 3.24. The maximum Gasteiger partial charge on any atom is 0.109 e. The molecule has 1 N–H and O–H groups in total. The molecule has 0 spiro atoms. The first-order chi connectivity index (χ1) is 9.72. The second-order valence-electron chi connectivity index (χ2n) is 4.87. The molecule has 0 saturated heterocycles. The summed E-state index contributed by atoms with van der Waals surface area (Å²) in [6.45, 7) is 5.85. The van der Waals surface area contributed by atoms with E-state index in [2.05, 4.69) is 48.4 Å². The second kappa shape index (κ2) is 7.53. The minimum absolute atomic E-state index is 0.291. The van der Waals surface area contributed by atoms with Crippen LogP contribution >= 0.6 is 11.3 Å². The molecule has 0 radical (unpaired) electrons. The van der Waals surface area contributed by atoms with Gasteiger partial charge in [0.05, 0.1) is 12.6 Å². The number of rotatable bonds is 7. The molecule has 2 rings (SSSR count). The van der Waals surface area contributed by atoms with Crippen molar-refractivity contribution in [3.63, 3.8) is 0 Å². The van der Waals surface area contributed by atoms with Crippen molar-refractivity contribution in [1.82, 2.24) is 10.3 Å². The predicted octanol–water partition coefficient (Wildman–Crippen LogP) is 3.70. The first-order valence-corrected chi connectivity index (χ1v) is 7.79. The Balaban J connectivity index is 1.87. The molecular weight excluding hydrogens is 268 g/mol. The zero-order valence-corrected chi connectivity index (χ0v) is 13.2. The van der Waals surface area contributed by atoms with Gasteiger partial charge in [-0.2, -0.15) is 0 Å². The van der Waals surface area contributed by atoms with Gasteiger partial charge in [0.1, 0.15) is 5.01 Å². The summed E-state index contributed by atoms with van der Waals surface area (Å²) in [6.07, 6.45) is 3.04. The van der Waals surface area contributed by atoms with Crippen LogP contribution in [0.1, 0.15) is 40.9 Å². The summed E-state index contributed by atoms with van der Waals surface area (Å²) in [7, 11) is 1.72. The SMILES string of the molecule is CCc1cnc(C(C)NCc2ccc(COC)cc2)s1. The highest BCUT2D eigenvalue weighted by Gasteiger charge is 2.09. The van der Waals surface area contributed by atoms with Gasteiger partial charge in [0.15, 0.2) is 0 Å². The molecule has 1 aromatic carbocycles. The number of nitrogens with zero attached hydrogens (tertiary/aromatic N) is 1. The maximum absolute atomic E-state index is 5.11. The van der Waals surface area contributed by atoms with Crippen LogP contribution in [0.5, 0.6) is 0 Å². The van der Waals surface area contributed by atoms with Crippen molar-refractivity contribution in [3.8, 4) is 0 Å². The highest BCUT2D eigenvalue weighted by atomic mass is 32.1. The third kappa shape index (κ3) is 4.13. The number of aromatic nitrogens is 1. The zero-order chi connectivity index (χ0) is 14.4. The fourth-order valence-corrected chi connectivity index (χ4v) is 2.85. The van der Waals surface area contributed by atoms with Gasteiger partial charge < -0.3 is 10.1 Å². The van der Waals surface area contributed by atoms with Crippen LogP contribution in [0.25, 0.3) is 0 Å². The molecule has 0 bridgehead atoms. The first-order valence-electron chi connectivity index (χ1n) is 6.97. The molecule has 4 heteroatoms. The Bertz CT molecular complexity index is 522. The minimum Gasteiger partial charge on any atom is -0.380 e. The van der Waals surface area contributed by atoms with Crippen LogP contribution in [-0.2, 0) is 24.3 Å². The van der Waals surface area contributed by atoms with E-state index in [0.717, 1.165) is 18.0 Å². The molecule has 1 aromatic heterocycles. The number of thiazole rings is 1. The summed E-state index contributed by atoms with van der Waals surface area (Å²) in [6, 6.07) is 8.81. The molecule has 0 aliphatic heterocycles. The normalized spacial score (nSPS) is 12.6. The lowest BCUT2D eigenvalue weighted by Gasteiger charge is -2.11. The number of hydrogen-bond acceptors (Lipinski definition) is 4. The summed E-state index contributed by atoms with van der Waals surface area (Å²) in [5.41, 5.74) is 2.49. The van der Waals surface area contributed by atoms with E-state index < -0.39 is 0 Å². The molecule has 0 aliphatic carbocycles. The van der Waals surface area contributed by atoms with Crippen LogP contribution in [0.2, 0.25) is 0 Å². The topological polar surface area (TPSA) is 34.2 Å². The zero-order valence-electron chi connectivity index (χ0n) is 12.3. The van der Waals surface area contributed by atoms with Crippen molar-refractivity contribution in [2.45, 2.75) is 39.5 Å². The smallest absolute Gasteiger partial charge is 0.109 e. The van der Waals surface area contributed by atoms with E-state index in [1.54, 1.807) is 18.4 Å². The van der Waals surface area contributed by atoms with E-state index in [0.29, 0.717) is 12.6 Å². The highest BCUT2D eigenvalue weighted by molar-refractivity contribution is 7.11. The number of nitrogens with one attached hydrogen (secondary N) is 1. The second-order valence-corrected chi connectivity index (χ2v) is 6.02. The van der Waals surface area contributed by atoms with Gasteiger partial charge in [-0.3, -0.25) is 0 Å². The van der Waals surface area contributed by atoms with Crippen molar-refractivity contribution in [2.75, 3.05) is 7.11 Å². The van der Waals surface area contributed by atoms with Crippen molar-refractivity contribution in [1.29, 1.82) is 0 Å². The van der Waals surface area contributed by atoms with Gasteiger partial charge in [0.25, 0.3) is 0 Å². The molecule has 1 heterocycles. The van der Waals surface area contributed by atoms with E-state index >= 15 is 0 Å². The molecule has 0 aliphatic rings. The predicted molar refractivity (Wildman–Crippen MR) is 83.9 cm³/mol. The Morgan fingerprint density at radius 1 is 1.25 bits per heavy atom. The lowest BCUT2D eigenvalue weighted by Crippen LogP contribution is -2.17. The Kier molecular flexibility index (Phi) is 5.71. The molecule has 20 heavy (non-hydrogen) atoms. The minimum atomic E-state index is 0.291. The molecule has 1 unspecified atom stereocenters. The van der Waals surface area contributed by atoms with Gasteiger partial charge in [0, 0.05) is 24.7 Å². The molecule has 1 atom stereocenters. The van der Waals surface area contributed by atoms with Crippen LogP contribution in [0.15, 0.2) is 30.5 Å². The lowest BCUT2D eigenvalue weighted by atomic mass is 10.1.